The van der Waals surface area contributed by atoms with Gasteiger partial charge in [0.05, 0.1) is 20.9 Å². The van der Waals surface area contributed by atoms with E-state index in [2.05, 4.69) is 21.9 Å². The van der Waals surface area contributed by atoms with Crippen molar-refractivity contribution in [1.29, 1.82) is 0 Å². The summed E-state index contributed by atoms with van der Waals surface area (Å²) in [6, 6.07) is 12.2. The number of amides is 2. The average molecular weight is 579 g/mol. The number of aromatic nitrogens is 2. The van der Waals surface area contributed by atoms with Crippen molar-refractivity contribution in [2.75, 3.05) is 0 Å². The molecule has 1 aromatic heterocycles. The summed E-state index contributed by atoms with van der Waals surface area (Å²) < 4.78 is 25.8. The highest BCUT2D eigenvalue weighted by Crippen LogP contribution is 2.30. The number of carbonyl (C=O) groups excluding carboxylic acids is 2. The van der Waals surface area contributed by atoms with Crippen molar-refractivity contribution in [3.05, 3.63) is 99.7 Å². The van der Waals surface area contributed by atoms with E-state index in [1.54, 1.807) is 43.1 Å². The van der Waals surface area contributed by atoms with Crippen LogP contribution in [0.4, 0.5) is 0 Å². The van der Waals surface area contributed by atoms with Gasteiger partial charge in [0.15, 0.2) is 9.84 Å². The lowest BCUT2D eigenvalue weighted by atomic mass is 10.0. The largest absolute Gasteiger partial charge is 0.329 e. The van der Waals surface area contributed by atoms with E-state index < -0.39 is 21.1 Å². The standard InChI is InChI=1S/C30H31ClN4O4S/c1-18(2)40(38,39)27-7-5-4-6-21(27)15-25-24(31)16-32-28(34-25)13-10-20-9-11-23-22(14-20)17-35(30(23)37)26-12-8-19(3)33-29(26)36/h4-7,9,11,14,16,18,26H,3,8,10,12-13,15,17H2,1-2H3,(H,33,36). The number of benzene rings is 2. The molecule has 5 rings (SSSR count). The maximum Gasteiger partial charge on any atom is 0.255 e. The molecule has 1 unspecified atom stereocenters. The molecule has 2 aromatic carbocycles. The first-order chi connectivity index (χ1) is 19.0. The van der Waals surface area contributed by atoms with E-state index in [1.165, 1.54) is 0 Å². The van der Waals surface area contributed by atoms with E-state index in [-0.39, 0.29) is 18.2 Å². The molecule has 1 N–H and O–H groups in total. The zero-order chi connectivity index (χ0) is 28.6. The average Bonchev–Trinajstić information content (AvgIpc) is 3.24. The van der Waals surface area contributed by atoms with Gasteiger partial charge in [-0.05, 0) is 61.9 Å². The van der Waals surface area contributed by atoms with Crippen LogP contribution in [0.25, 0.3) is 0 Å². The van der Waals surface area contributed by atoms with Crippen LogP contribution in [0, 0.1) is 0 Å². The Hall–Kier alpha value is -3.56. The smallest absolute Gasteiger partial charge is 0.255 e. The zero-order valence-corrected chi connectivity index (χ0v) is 24.1. The van der Waals surface area contributed by atoms with Crippen LogP contribution in [0.5, 0.6) is 0 Å². The second-order valence-corrected chi connectivity index (χ2v) is 13.4. The van der Waals surface area contributed by atoms with Gasteiger partial charge < -0.3 is 10.2 Å². The maximum atomic E-state index is 13.0. The first-order valence-corrected chi connectivity index (χ1v) is 15.2. The van der Waals surface area contributed by atoms with Crippen molar-refractivity contribution in [3.8, 4) is 0 Å². The lowest BCUT2D eigenvalue weighted by molar-refractivity contribution is -0.126. The summed E-state index contributed by atoms with van der Waals surface area (Å²) in [5.41, 5.74) is 4.46. The molecule has 40 heavy (non-hydrogen) atoms. The van der Waals surface area contributed by atoms with Gasteiger partial charge >= 0.3 is 0 Å². The number of nitrogens with zero attached hydrogens (tertiary/aromatic N) is 3. The SMILES string of the molecule is C=C1CCC(N2Cc3cc(CCc4ncc(Cl)c(Cc5ccccc5S(=O)(=O)C(C)C)n4)ccc3C2=O)C(=O)N1. The van der Waals surface area contributed by atoms with Crippen molar-refractivity contribution in [2.45, 2.75) is 68.7 Å². The van der Waals surface area contributed by atoms with Gasteiger partial charge in [-0.25, -0.2) is 18.4 Å². The molecule has 3 aromatic rings. The number of aryl methyl sites for hydroxylation is 2. The van der Waals surface area contributed by atoms with Crippen LogP contribution < -0.4 is 5.32 Å². The molecular weight excluding hydrogens is 548 g/mol. The summed E-state index contributed by atoms with van der Waals surface area (Å²) in [6.45, 7) is 7.54. The lowest BCUT2D eigenvalue weighted by Gasteiger charge is -2.30. The third-order valence-corrected chi connectivity index (χ3v) is 10.0. The van der Waals surface area contributed by atoms with Crippen molar-refractivity contribution >= 4 is 33.3 Å². The summed E-state index contributed by atoms with van der Waals surface area (Å²) in [6.07, 6.45) is 4.24. The molecule has 2 amide bonds. The summed E-state index contributed by atoms with van der Waals surface area (Å²) in [7, 11) is -3.46. The van der Waals surface area contributed by atoms with Gasteiger partial charge in [0.2, 0.25) is 5.91 Å². The molecule has 3 heterocycles. The summed E-state index contributed by atoms with van der Waals surface area (Å²) in [4.78, 5) is 36.5. The normalized spacial score (nSPS) is 17.4. The minimum Gasteiger partial charge on any atom is -0.329 e. The minimum atomic E-state index is -3.46. The molecular formula is C30H31ClN4O4S. The van der Waals surface area contributed by atoms with E-state index >= 15 is 0 Å². The lowest BCUT2D eigenvalue weighted by Crippen LogP contribution is -2.49. The minimum absolute atomic E-state index is 0.125. The highest BCUT2D eigenvalue weighted by Gasteiger charge is 2.38. The topological polar surface area (TPSA) is 109 Å². The number of carbonyl (C=O) groups is 2. The predicted molar refractivity (Wildman–Crippen MR) is 153 cm³/mol. The molecule has 208 valence electrons. The Morgan fingerprint density at radius 3 is 2.67 bits per heavy atom. The second kappa shape index (κ2) is 11.1. The Balaban J connectivity index is 1.29. The highest BCUT2D eigenvalue weighted by molar-refractivity contribution is 7.92. The number of hydrogen-bond donors (Lipinski definition) is 1. The first-order valence-electron chi connectivity index (χ1n) is 13.3. The van der Waals surface area contributed by atoms with Gasteiger partial charge in [0.1, 0.15) is 11.9 Å². The fourth-order valence-corrected chi connectivity index (χ4v) is 6.61. The van der Waals surface area contributed by atoms with Gasteiger partial charge in [-0.1, -0.05) is 48.5 Å². The first kappa shape index (κ1) is 28.0. The van der Waals surface area contributed by atoms with Crippen LogP contribution in [0.2, 0.25) is 5.02 Å². The fraction of sp³-hybridized carbons (Fsp3) is 0.333. The molecule has 0 aliphatic carbocycles. The molecule has 8 nitrogen and oxygen atoms in total. The number of sulfone groups is 1. The summed E-state index contributed by atoms with van der Waals surface area (Å²) in [5, 5.41) is 2.60. The summed E-state index contributed by atoms with van der Waals surface area (Å²) >= 11 is 6.42. The molecule has 1 fully saturated rings. The molecule has 0 bridgehead atoms. The number of halogens is 1. The van der Waals surface area contributed by atoms with E-state index in [4.69, 9.17) is 11.6 Å². The Labute approximate surface area is 239 Å². The molecule has 0 radical (unpaired) electrons. The Kier molecular flexibility index (Phi) is 7.79. The molecule has 1 saturated heterocycles. The quantitative estimate of drug-likeness (QED) is 0.423. The maximum absolute atomic E-state index is 13.0. The second-order valence-electron chi connectivity index (χ2n) is 10.5. The van der Waals surface area contributed by atoms with Crippen LogP contribution in [0.3, 0.4) is 0 Å². The molecule has 2 aliphatic rings. The summed E-state index contributed by atoms with van der Waals surface area (Å²) in [5.74, 6) is 0.290. The van der Waals surface area contributed by atoms with Crippen LogP contribution in [-0.4, -0.2) is 46.4 Å². The number of allylic oxidation sites excluding steroid dienone is 1. The Morgan fingerprint density at radius 1 is 1.15 bits per heavy atom. The Morgan fingerprint density at radius 2 is 1.93 bits per heavy atom. The molecule has 1 atom stereocenters. The van der Waals surface area contributed by atoms with E-state index in [0.717, 1.165) is 11.1 Å². The molecule has 10 heteroatoms. The number of hydrogen-bond acceptors (Lipinski definition) is 6. The van der Waals surface area contributed by atoms with Crippen LogP contribution in [-0.2, 0) is 40.4 Å². The number of nitrogens with one attached hydrogen (secondary N) is 1. The third-order valence-electron chi connectivity index (χ3n) is 7.46. The Bertz CT molecular complexity index is 1620. The van der Waals surface area contributed by atoms with Gasteiger partial charge in [-0.15, -0.1) is 0 Å². The highest BCUT2D eigenvalue weighted by atomic mass is 35.5. The van der Waals surface area contributed by atoms with Crippen molar-refractivity contribution in [3.63, 3.8) is 0 Å². The third kappa shape index (κ3) is 5.53. The van der Waals surface area contributed by atoms with Crippen molar-refractivity contribution in [1.82, 2.24) is 20.2 Å². The van der Waals surface area contributed by atoms with Crippen LogP contribution in [0.15, 0.2) is 65.8 Å². The fourth-order valence-electron chi connectivity index (χ4n) is 5.17. The molecule has 2 aliphatic heterocycles. The number of rotatable bonds is 8. The van der Waals surface area contributed by atoms with Gasteiger partial charge in [0, 0.05) is 36.8 Å². The predicted octanol–water partition coefficient (Wildman–Crippen LogP) is 4.44. The number of piperidine rings is 1. The van der Waals surface area contributed by atoms with Crippen LogP contribution in [0.1, 0.15) is 65.3 Å². The van der Waals surface area contributed by atoms with E-state index in [9.17, 15) is 18.0 Å². The van der Waals surface area contributed by atoms with Crippen molar-refractivity contribution in [2.24, 2.45) is 0 Å². The van der Waals surface area contributed by atoms with Gasteiger partial charge in [0.25, 0.3) is 5.91 Å². The molecule has 0 spiro atoms. The van der Waals surface area contributed by atoms with Crippen molar-refractivity contribution < 1.29 is 18.0 Å². The van der Waals surface area contributed by atoms with E-state index in [1.807, 2.05) is 24.3 Å². The van der Waals surface area contributed by atoms with Gasteiger partial charge in [-0.2, -0.15) is 0 Å². The van der Waals surface area contributed by atoms with E-state index in [0.29, 0.717) is 70.5 Å². The van der Waals surface area contributed by atoms with Gasteiger partial charge in [-0.3, -0.25) is 9.59 Å². The molecule has 0 saturated carbocycles. The van der Waals surface area contributed by atoms with Crippen LogP contribution >= 0.6 is 11.6 Å². The monoisotopic (exact) mass is 578 g/mol. The zero-order valence-electron chi connectivity index (χ0n) is 22.5. The number of fused-ring (bicyclic) bond motifs is 1.